The zero-order valence-electron chi connectivity index (χ0n) is 12.8. The molecule has 1 unspecified atom stereocenters. The molecule has 0 aliphatic carbocycles. The summed E-state index contributed by atoms with van der Waals surface area (Å²) in [6, 6.07) is 5.64. The van der Waals surface area contributed by atoms with Crippen molar-refractivity contribution in [1.29, 1.82) is 0 Å². The van der Waals surface area contributed by atoms with Crippen LogP contribution in [-0.2, 0) is 9.59 Å². The number of hydrogen-bond donors (Lipinski definition) is 1. The van der Waals surface area contributed by atoms with E-state index in [9.17, 15) is 14.0 Å². The highest BCUT2D eigenvalue weighted by Gasteiger charge is 2.36. The first-order chi connectivity index (χ1) is 10.4. The van der Waals surface area contributed by atoms with E-state index in [1.807, 2.05) is 6.92 Å². The van der Waals surface area contributed by atoms with Crippen molar-refractivity contribution in [3.8, 4) is 0 Å². The predicted octanol–water partition coefficient (Wildman–Crippen LogP) is 2.59. The third-order valence-corrected chi connectivity index (χ3v) is 3.95. The van der Waals surface area contributed by atoms with Crippen LogP contribution in [0.25, 0.3) is 0 Å². The number of carbonyl (C=O) groups excluding carboxylic acids is 1. The molecule has 1 aromatic rings. The molecule has 5 nitrogen and oxygen atoms in total. The topological polar surface area (TPSA) is 60.9 Å². The number of hydrogen-bond acceptors (Lipinski definition) is 3. The molecule has 0 bridgehead atoms. The smallest absolute Gasteiger partial charge is 0.323 e. The molecule has 1 N–H and O–H groups in total. The Hall–Kier alpha value is -2.37. The molecular weight excluding hydrogens is 287 g/mol. The van der Waals surface area contributed by atoms with Gasteiger partial charge in [0.15, 0.2) is 0 Å². The van der Waals surface area contributed by atoms with Crippen molar-refractivity contribution in [3.05, 3.63) is 41.4 Å². The van der Waals surface area contributed by atoms with Gasteiger partial charge in [0.2, 0.25) is 0 Å². The Morgan fingerprint density at radius 3 is 2.36 bits per heavy atom. The summed E-state index contributed by atoms with van der Waals surface area (Å²) < 4.78 is 13.1. The van der Waals surface area contributed by atoms with Crippen LogP contribution in [0.4, 0.5) is 10.1 Å². The average molecular weight is 306 g/mol. The summed E-state index contributed by atoms with van der Waals surface area (Å²) in [6.45, 7) is 5.12. The summed E-state index contributed by atoms with van der Waals surface area (Å²) in [5, 5.41) is 9.12. The molecule has 1 aliphatic heterocycles. The molecule has 1 amide bonds. The SMILES string of the molecule is CCC1N(CC(=O)O)C(C)=C(C)C(=O)N1c1ccc(F)cc1. The number of allylic oxidation sites excluding steroid dienone is 1. The number of carbonyl (C=O) groups is 2. The molecule has 1 heterocycles. The number of carboxylic acid groups (broad SMARTS) is 1. The van der Waals surface area contributed by atoms with Crippen LogP contribution in [0.5, 0.6) is 0 Å². The van der Waals surface area contributed by atoms with Crippen LogP contribution < -0.4 is 4.90 Å². The molecule has 2 rings (SSSR count). The van der Waals surface area contributed by atoms with E-state index in [4.69, 9.17) is 5.11 Å². The molecule has 1 aliphatic rings. The molecule has 0 spiro atoms. The minimum absolute atomic E-state index is 0.183. The molecule has 6 heteroatoms. The van der Waals surface area contributed by atoms with Crippen LogP contribution in [0, 0.1) is 5.82 Å². The molecule has 0 saturated heterocycles. The van der Waals surface area contributed by atoms with E-state index in [-0.39, 0.29) is 18.3 Å². The van der Waals surface area contributed by atoms with Gasteiger partial charge in [0.1, 0.15) is 18.5 Å². The molecule has 0 aromatic heterocycles. The molecule has 1 atom stereocenters. The molecular formula is C16H19FN2O3. The van der Waals surface area contributed by atoms with Gasteiger partial charge in [0.25, 0.3) is 5.91 Å². The Labute approximate surface area is 128 Å². The van der Waals surface area contributed by atoms with E-state index in [1.54, 1.807) is 18.7 Å². The standard InChI is InChI=1S/C16H19FN2O3/c1-4-14-18(9-15(20)21)11(3)10(2)16(22)19(14)13-7-5-12(17)6-8-13/h5-8,14H,4,9H2,1-3H3,(H,20,21). The quantitative estimate of drug-likeness (QED) is 0.929. The summed E-state index contributed by atoms with van der Waals surface area (Å²) >= 11 is 0. The minimum atomic E-state index is -0.959. The Morgan fingerprint density at radius 2 is 1.86 bits per heavy atom. The lowest BCUT2D eigenvalue weighted by Crippen LogP contribution is -2.56. The molecule has 0 saturated carbocycles. The van der Waals surface area contributed by atoms with Gasteiger partial charge in [-0.25, -0.2) is 4.39 Å². The van der Waals surface area contributed by atoms with Crippen molar-refractivity contribution in [2.45, 2.75) is 33.4 Å². The first-order valence-electron chi connectivity index (χ1n) is 7.11. The largest absolute Gasteiger partial charge is 0.480 e. The Kier molecular flexibility index (Phi) is 4.49. The number of rotatable bonds is 4. The molecule has 1 aromatic carbocycles. The zero-order valence-corrected chi connectivity index (χ0v) is 12.8. The third-order valence-electron chi connectivity index (χ3n) is 3.95. The lowest BCUT2D eigenvalue weighted by atomic mass is 10.1. The van der Waals surface area contributed by atoms with Crippen molar-refractivity contribution in [3.63, 3.8) is 0 Å². The first kappa shape index (κ1) is 16.0. The van der Waals surface area contributed by atoms with E-state index in [1.165, 1.54) is 29.2 Å². The van der Waals surface area contributed by atoms with E-state index in [0.29, 0.717) is 23.4 Å². The second-order valence-corrected chi connectivity index (χ2v) is 5.27. The van der Waals surface area contributed by atoms with Crippen LogP contribution in [-0.4, -0.2) is 34.6 Å². The number of benzene rings is 1. The van der Waals surface area contributed by atoms with Gasteiger partial charge in [-0.2, -0.15) is 0 Å². The van der Waals surface area contributed by atoms with Gasteiger partial charge in [0.05, 0.1) is 0 Å². The number of anilines is 1. The normalized spacial score (nSPS) is 18.9. The van der Waals surface area contributed by atoms with Gasteiger partial charge in [-0.3, -0.25) is 14.5 Å². The number of aliphatic carboxylic acids is 1. The van der Waals surface area contributed by atoms with Gasteiger partial charge >= 0.3 is 5.97 Å². The van der Waals surface area contributed by atoms with Crippen molar-refractivity contribution >= 4 is 17.6 Å². The average Bonchev–Trinajstić information content (AvgIpc) is 2.48. The number of nitrogens with zero attached hydrogens (tertiary/aromatic N) is 2. The van der Waals surface area contributed by atoms with Gasteiger partial charge in [0, 0.05) is 17.0 Å². The van der Waals surface area contributed by atoms with Crippen LogP contribution >= 0.6 is 0 Å². The number of carboxylic acids is 1. The predicted molar refractivity (Wildman–Crippen MR) is 80.7 cm³/mol. The second kappa shape index (κ2) is 6.17. The number of amides is 1. The molecule has 0 fully saturated rings. The minimum Gasteiger partial charge on any atom is -0.480 e. The lowest BCUT2D eigenvalue weighted by molar-refractivity contribution is -0.139. The highest BCUT2D eigenvalue weighted by atomic mass is 19.1. The van der Waals surface area contributed by atoms with Crippen molar-refractivity contribution in [2.24, 2.45) is 0 Å². The van der Waals surface area contributed by atoms with E-state index in [2.05, 4.69) is 0 Å². The van der Waals surface area contributed by atoms with Crippen LogP contribution in [0.3, 0.4) is 0 Å². The maximum absolute atomic E-state index is 13.1. The summed E-state index contributed by atoms with van der Waals surface area (Å²) in [5.41, 5.74) is 1.72. The second-order valence-electron chi connectivity index (χ2n) is 5.27. The highest BCUT2D eigenvalue weighted by molar-refractivity contribution is 6.07. The molecule has 0 radical (unpaired) electrons. The third kappa shape index (κ3) is 2.81. The van der Waals surface area contributed by atoms with E-state index in [0.717, 1.165) is 0 Å². The maximum atomic E-state index is 13.1. The fourth-order valence-corrected chi connectivity index (χ4v) is 2.71. The van der Waals surface area contributed by atoms with Crippen LogP contribution in [0.15, 0.2) is 35.5 Å². The first-order valence-corrected chi connectivity index (χ1v) is 7.11. The maximum Gasteiger partial charge on any atom is 0.323 e. The van der Waals surface area contributed by atoms with Crippen molar-refractivity contribution in [2.75, 3.05) is 11.4 Å². The lowest BCUT2D eigenvalue weighted by Gasteiger charge is -2.44. The fraction of sp³-hybridized carbons (Fsp3) is 0.375. The van der Waals surface area contributed by atoms with Crippen molar-refractivity contribution < 1.29 is 19.1 Å². The van der Waals surface area contributed by atoms with Gasteiger partial charge in [-0.05, 0) is 44.5 Å². The number of halogens is 1. The molecule has 118 valence electrons. The van der Waals surface area contributed by atoms with Crippen molar-refractivity contribution in [1.82, 2.24) is 4.90 Å². The zero-order chi connectivity index (χ0) is 16.4. The Balaban J connectivity index is 2.50. The van der Waals surface area contributed by atoms with Gasteiger partial charge < -0.3 is 10.0 Å². The summed E-state index contributed by atoms with van der Waals surface area (Å²) in [7, 11) is 0. The van der Waals surface area contributed by atoms with Gasteiger partial charge in [-0.15, -0.1) is 0 Å². The summed E-state index contributed by atoms with van der Waals surface area (Å²) in [5.74, 6) is -1.52. The van der Waals surface area contributed by atoms with Crippen LogP contribution in [0.2, 0.25) is 0 Å². The monoisotopic (exact) mass is 306 g/mol. The van der Waals surface area contributed by atoms with E-state index >= 15 is 0 Å². The Bertz CT molecular complexity index is 625. The van der Waals surface area contributed by atoms with E-state index < -0.39 is 12.1 Å². The summed E-state index contributed by atoms with van der Waals surface area (Å²) in [6.07, 6.45) is 0.152. The molecule has 22 heavy (non-hydrogen) atoms. The Morgan fingerprint density at radius 1 is 1.27 bits per heavy atom. The highest BCUT2D eigenvalue weighted by Crippen LogP contribution is 2.31. The van der Waals surface area contributed by atoms with Gasteiger partial charge in [-0.1, -0.05) is 6.92 Å². The van der Waals surface area contributed by atoms with Crippen LogP contribution in [0.1, 0.15) is 27.2 Å². The fourth-order valence-electron chi connectivity index (χ4n) is 2.71. The summed E-state index contributed by atoms with van der Waals surface area (Å²) in [4.78, 5) is 27.0.